The molecule has 0 saturated carbocycles. The number of hydrogen-bond donors (Lipinski definition) is 2. The van der Waals surface area contributed by atoms with Gasteiger partial charge in [0.15, 0.2) is 0 Å². The Bertz CT molecular complexity index is 923. The Morgan fingerprint density at radius 2 is 2.04 bits per heavy atom. The summed E-state index contributed by atoms with van der Waals surface area (Å²) in [5, 5.41) is 16.4. The quantitative estimate of drug-likeness (QED) is 0.750. The van der Waals surface area contributed by atoms with Gasteiger partial charge in [-0.1, -0.05) is 5.16 Å². The lowest BCUT2D eigenvalue weighted by Gasteiger charge is -2.17. The summed E-state index contributed by atoms with van der Waals surface area (Å²) in [6.45, 7) is 2.47. The van der Waals surface area contributed by atoms with Gasteiger partial charge in [-0.25, -0.2) is 4.79 Å². The van der Waals surface area contributed by atoms with E-state index in [0.717, 1.165) is 5.69 Å². The van der Waals surface area contributed by atoms with E-state index in [1.807, 2.05) is 13.0 Å². The molecular formula is C19H20N4O5. The van der Waals surface area contributed by atoms with Gasteiger partial charge in [0.05, 0.1) is 11.8 Å². The van der Waals surface area contributed by atoms with Crippen LogP contribution >= 0.6 is 0 Å². The summed E-state index contributed by atoms with van der Waals surface area (Å²) in [5.41, 5.74) is 1.78. The highest BCUT2D eigenvalue weighted by molar-refractivity contribution is 6.12. The lowest BCUT2D eigenvalue weighted by molar-refractivity contribution is -0.117. The maximum Gasteiger partial charge on any atom is 0.329 e. The molecule has 4 rings (SSSR count). The maximum atomic E-state index is 12.8. The molecule has 0 unspecified atom stereocenters. The number of amides is 4. The zero-order chi connectivity index (χ0) is 19.8. The number of aromatic nitrogens is 1. The van der Waals surface area contributed by atoms with Crippen molar-refractivity contribution in [3.05, 3.63) is 47.3 Å². The smallest absolute Gasteiger partial charge is 0.329 e. The predicted molar refractivity (Wildman–Crippen MR) is 97.7 cm³/mol. The first-order chi connectivity index (χ1) is 13.4. The lowest BCUT2D eigenvalue weighted by atomic mass is 10.0. The summed E-state index contributed by atoms with van der Waals surface area (Å²) in [7, 11) is 0. The molecular weight excluding hydrogens is 364 g/mol. The Morgan fingerprint density at radius 3 is 2.64 bits per heavy atom. The van der Waals surface area contributed by atoms with E-state index in [9.17, 15) is 19.5 Å². The van der Waals surface area contributed by atoms with Gasteiger partial charge >= 0.3 is 6.03 Å². The third-order valence-electron chi connectivity index (χ3n) is 5.05. The number of aliphatic hydroxyl groups is 1. The number of aryl methyl sites for hydroxylation is 1. The third kappa shape index (κ3) is 3.48. The molecule has 0 bridgehead atoms. The maximum absolute atomic E-state index is 12.8. The first-order valence-corrected chi connectivity index (χ1v) is 9.01. The van der Waals surface area contributed by atoms with Crippen LogP contribution < -0.4 is 10.2 Å². The number of urea groups is 1. The summed E-state index contributed by atoms with van der Waals surface area (Å²) in [6.07, 6.45) is -0.115. The molecule has 9 heteroatoms. The Balaban J connectivity index is 1.41. The van der Waals surface area contributed by atoms with Crippen LogP contribution in [0.4, 0.5) is 10.5 Å². The molecule has 2 aliphatic heterocycles. The fourth-order valence-corrected chi connectivity index (χ4v) is 3.61. The fourth-order valence-electron chi connectivity index (χ4n) is 3.61. The highest BCUT2D eigenvalue weighted by Crippen LogP contribution is 2.24. The second-order valence-electron chi connectivity index (χ2n) is 7.16. The number of anilines is 1. The van der Waals surface area contributed by atoms with Gasteiger partial charge < -0.3 is 14.5 Å². The van der Waals surface area contributed by atoms with Gasteiger partial charge in [0.25, 0.3) is 5.91 Å². The summed E-state index contributed by atoms with van der Waals surface area (Å²) < 4.78 is 5.21. The Morgan fingerprint density at radius 1 is 1.29 bits per heavy atom. The average molecular weight is 384 g/mol. The minimum absolute atomic E-state index is 0.0345. The van der Waals surface area contributed by atoms with Crippen LogP contribution in [0.1, 0.15) is 21.8 Å². The number of aliphatic hydroxyl groups excluding tert-OH is 1. The first-order valence-electron chi connectivity index (χ1n) is 9.01. The minimum atomic E-state index is -0.632. The van der Waals surface area contributed by atoms with E-state index in [-0.39, 0.29) is 30.8 Å². The number of imide groups is 1. The molecule has 2 aliphatic rings. The van der Waals surface area contributed by atoms with Gasteiger partial charge in [0.2, 0.25) is 5.91 Å². The summed E-state index contributed by atoms with van der Waals surface area (Å²) in [4.78, 5) is 38.7. The number of benzene rings is 1. The molecule has 9 nitrogen and oxygen atoms in total. The van der Waals surface area contributed by atoms with Gasteiger partial charge in [0, 0.05) is 42.7 Å². The van der Waals surface area contributed by atoms with Gasteiger partial charge in [-0.3, -0.25) is 19.8 Å². The monoisotopic (exact) mass is 384 g/mol. The van der Waals surface area contributed by atoms with Crippen LogP contribution in [0.25, 0.3) is 0 Å². The largest absolute Gasteiger partial charge is 0.391 e. The van der Waals surface area contributed by atoms with E-state index in [4.69, 9.17) is 4.52 Å². The molecule has 0 aliphatic carbocycles. The normalized spacial score (nSPS) is 22.1. The van der Waals surface area contributed by atoms with Crippen LogP contribution in [-0.4, -0.2) is 58.7 Å². The predicted octanol–water partition coefficient (Wildman–Crippen LogP) is 0.715. The highest BCUT2D eigenvalue weighted by Gasteiger charge is 2.35. The average Bonchev–Trinajstić information content (AvgIpc) is 3.34. The summed E-state index contributed by atoms with van der Waals surface area (Å²) in [6, 6.07) is 7.85. The Labute approximate surface area is 160 Å². The molecule has 2 N–H and O–H groups in total. The van der Waals surface area contributed by atoms with Crippen LogP contribution in [0.5, 0.6) is 0 Å². The van der Waals surface area contributed by atoms with Crippen LogP contribution in [0.2, 0.25) is 0 Å². The van der Waals surface area contributed by atoms with Crippen molar-refractivity contribution in [1.29, 1.82) is 0 Å². The third-order valence-corrected chi connectivity index (χ3v) is 5.05. The van der Waals surface area contributed by atoms with E-state index in [1.54, 1.807) is 29.2 Å². The molecule has 4 amide bonds. The van der Waals surface area contributed by atoms with Crippen molar-refractivity contribution in [2.45, 2.75) is 19.4 Å². The summed E-state index contributed by atoms with van der Waals surface area (Å²) >= 11 is 0. The molecule has 2 saturated heterocycles. The second kappa shape index (κ2) is 7.08. The van der Waals surface area contributed by atoms with Crippen molar-refractivity contribution in [1.82, 2.24) is 15.4 Å². The lowest BCUT2D eigenvalue weighted by Crippen LogP contribution is -2.30. The SMILES string of the molecule is Cc1cc(C[C@@H]2CN(C(=O)c3ccc(N4CC(=O)NC4=O)cc3)C[C@H]2O)on1. The van der Waals surface area contributed by atoms with E-state index < -0.39 is 12.1 Å². The van der Waals surface area contributed by atoms with Crippen molar-refractivity contribution < 1.29 is 24.0 Å². The number of carbonyl (C=O) groups excluding carboxylic acids is 3. The summed E-state index contributed by atoms with van der Waals surface area (Å²) in [5.74, 6) is 0.0292. The molecule has 2 aromatic rings. The zero-order valence-corrected chi connectivity index (χ0v) is 15.3. The molecule has 0 spiro atoms. The number of rotatable bonds is 4. The van der Waals surface area contributed by atoms with Crippen LogP contribution in [-0.2, 0) is 11.2 Å². The highest BCUT2D eigenvalue weighted by atomic mass is 16.5. The van der Waals surface area contributed by atoms with Crippen molar-refractivity contribution >= 4 is 23.5 Å². The van der Waals surface area contributed by atoms with Gasteiger partial charge in [-0.05, 0) is 31.2 Å². The number of β-amino-alcohol motifs (C(OH)–C–C–N with tert-alkyl or cyclic N) is 1. The molecule has 1 aromatic heterocycles. The number of likely N-dealkylation sites (tertiary alicyclic amines) is 1. The Hall–Kier alpha value is -3.20. The number of hydrogen-bond acceptors (Lipinski definition) is 6. The molecule has 2 fully saturated rings. The Kier molecular flexibility index (Phi) is 4.60. The van der Waals surface area contributed by atoms with Crippen molar-refractivity contribution in [2.24, 2.45) is 5.92 Å². The zero-order valence-electron chi connectivity index (χ0n) is 15.3. The molecule has 28 heavy (non-hydrogen) atoms. The molecule has 146 valence electrons. The van der Waals surface area contributed by atoms with E-state index in [0.29, 0.717) is 30.0 Å². The van der Waals surface area contributed by atoms with Crippen molar-refractivity contribution in [2.75, 3.05) is 24.5 Å². The number of nitrogens with zero attached hydrogens (tertiary/aromatic N) is 3. The number of carbonyl (C=O) groups is 3. The van der Waals surface area contributed by atoms with Gasteiger partial charge in [-0.2, -0.15) is 0 Å². The van der Waals surface area contributed by atoms with Gasteiger partial charge in [0.1, 0.15) is 12.3 Å². The first kappa shape index (κ1) is 18.2. The fraction of sp³-hybridized carbons (Fsp3) is 0.368. The molecule has 2 atom stereocenters. The standard InChI is InChI=1S/C19H20N4O5/c1-11-6-15(28-21-11)7-13-8-22(9-16(13)24)18(26)12-2-4-14(5-3-12)23-10-17(25)20-19(23)27/h2-6,13,16,24H,7-10H2,1H3,(H,20,25,27)/t13-,16-/m1/s1. The van der Waals surface area contributed by atoms with Crippen LogP contribution in [0.3, 0.4) is 0 Å². The number of nitrogens with one attached hydrogen (secondary N) is 1. The van der Waals surface area contributed by atoms with Gasteiger partial charge in [-0.15, -0.1) is 0 Å². The second-order valence-corrected chi connectivity index (χ2v) is 7.16. The molecule has 1 aromatic carbocycles. The van der Waals surface area contributed by atoms with E-state index in [1.165, 1.54) is 4.90 Å². The van der Waals surface area contributed by atoms with E-state index >= 15 is 0 Å². The van der Waals surface area contributed by atoms with Crippen molar-refractivity contribution in [3.8, 4) is 0 Å². The van der Waals surface area contributed by atoms with Crippen LogP contribution in [0, 0.1) is 12.8 Å². The topological polar surface area (TPSA) is 116 Å². The van der Waals surface area contributed by atoms with Crippen LogP contribution in [0.15, 0.2) is 34.9 Å². The molecule has 3 heterocycles. The van der Waals surface area contributed by atoms with E-state index in [2.05, 4.69) is 10.5 Å². The minimum Gasteiger partial charge on any atom is -0.391 e. The molecule has 0 radical (unpaired) electrons. The van der Waals surface area contributed by atoms with Crippen molar-refractivity contribution in [3.63, 3.8) is 0 Å².